The molecule has 2 aliphatic rings. The second-order valence-electron chi connectivity index (χ2n) is 12.9. The van der Waals surface area contributed by atoms with E-state index in [2.05, 4.69) is 10.6 Å². The van der Waals surface area contributed by atoms with Gasteiger partial charge in [0, 0.05) is 11.8 Å². The monoisotopic (exact) mass is 736 g/mol. The van der Waals surface area contributed by atoms with E-state index < -0.39 is 35.3 Å². The van der Waals surface area contributed by atoms with E-state index in [4.69, 9.17) is 18.9 Å². The minimum absolute atomic E-state index is 0. The number of carbonyl (C=O) groups excluding carboxylic acids is 4. The molecule has 51 heavy (non-hydrogen) atoms. The molecule has 0 aliphatic heterocycles. The van der Waals surface area contributed by atoms with Crippen LogP contribution in [0.1, 0.15) is 52.7 Å². The number of ether oxygens (including phenoxy) is 4. The van der Waals surface area contributed by atoms with Crippen LogP contribution in [-0.2, 0) is 58.8 Å². The van der Waals surface area contributed by atoms with Crippen molar-refractivity contribution in [2.24, 2.45) is 0 Å². The van der Waals surface area contributed by atoms with Gasteiger partial charge in [-0.2, -0.15) is 0 Å². The molecule has 268 valence electrons. The standard InChI is InChI=1S/2C20H22NO4.Fe/c2*1-20(2,3)25-19(23)21-17(13-15-9-7-8-10-15)18(22)24-14-16-11-5-4-6-12-16;/h2*4-13H,14H2,1-3H3,(H,21,23);/q;;+2/b2*17-13-;. The van der Waals surface area contributed by atoms with Crippen LogP contribution >= 0.6 is 0 Å². The molecule has 2 amide bonds. The first-order valence-corrected chi connectivity index (χ1v) is 16.0. The Labute approximate surface area is 313 Å². The molecule has 2 aliphatic carbocycles. The third-order valence-electron chi connectivity index (χ3n) is 6.14. The van der Waals surface area contributed by atoms with Crippen molar-refractivity contribution < 1.29 is 55.2 Å². The summed E-state index contributed by atoms with van der Waals surface area (Å²) in [5.74, 6) is 0.303. The molecule has 0 aromatic heterocycles. The summed E-state index contributed by atoms with van der Waals surface area (Å²) in [5, 5.41) is 4.95. The fraction of sp³-hybridized carbons (Fsp3) is 0.250. The van der Waals surface area contributed by atoms with Crippen LogP contribution in [0.25, 0.3) is 0 Å². The van der Waals surface area contributed by atoms with Crippen LogP contribution in [0.2, 0.25) is 0 Å². The normalized spacial score (nSPS) is 15.4. The van der Waals surface area contributed by atoms with E-state index in [-0.39, 0.29) is 41.7 Å². The van der Waals surface area contributed by atoms with Crippen LogP contribution in [0, 0.1) is 63.2 Å². The summed E-state index contributed by atoms with van der Waals surface area (Å²) in [6.45, 7) is 10.7. The van der Waals surface area contributed by atoms with Gasteiger partial charge < -0.3 is 18.9 Å². The van der Waals surface area contributed by atoms with Crippen molar-refractivity contribution in [1.29, 1.82) is 0 Å². The first-order chi connectivity index (χ1) is 23.7. The molecule has 11 heteroatoms. The Morgan fingerprint density at radius 2 is 0.863 bits per heavy atom. The van der Waals surface area contributed by atoms with Crippen molar-refractivity contribution in [2.45, 2.75) is 66.0 Å². The van der Waals surface area contributed by atoms with Crippen molar-refractivity contribution in [2.75, 3.05) is 0 Å². The molecule has 0 saturated heterocycles. The Hall–Kier alpha value is -4.08. The van der Waals surface area contributed by atoms with Crippen LogP contribution in [0.5, 0.6) is 0 Å². The molecule has 10 nitrogen and oxygen atoms in total. The van der Waals surface area contributed by atoms with E-state index in [0.29, 0.717) is 0 Å². The molecule has 2 aromatic rings. The summed E-state index contributed by atoms with van der Waals surface area (Å²) in [5.41, 5.74) is 0.446. The zero-order valence-corrected chi connectivity index (χ0v) is 30.7. The number of hydrogen-bond donors (Lipinski definition) is 2. The summed E-state index contributed by atoms with van der Waals surface area (Å²) in [6.07, 6.45) is 16.3. The van der Waals surface area contributed by atoms with Crippen LogP contribution in [0.15, 0.2) is 84.2 Å². The molecule has 4 rings (SSSR count). The number of esters is 2. The van der Waals surface area contributed by atoms with E-state index in [9.17, 15) is 19.2 Å². The van der Waals surface area contributed by atoms with Gasteiger partial charge in [0.25, 0.3) is 0 Å². The fourth-order valence-corrected chi connectivity index (χ4v) is 4.02. The molecule has 2 saturated carbocycles. The topological polar surface area (TPSA) is 129 Å². The molecular weight excluding hydrogens is 692 g/mol. The van der Waals surface area contributed by atoms with Gasteiger partial charge in [-0.25, -0.2) is 19.2 Å². The minimum atomic E-state index is -0.707. The Bertz CT molecular complexity index is 1340. The summed E-state index contributed by atoms with van der Waals surface area (Å²) < 4.78 is 21.0. The minimum Gasteiger partial charge on any atom is -0.456 e. The predicted molar refractivity (Wildman–Crippen MR) is 188 cm³/mol. The number of allylic oxidation sites excluding steroid dienone is 2. The molecule has 0 atom stereocenters. The third kappa shape index (κ3) is 18.1. The zero-order valence-electron chi connectivity index (χ0n) is 29.6. The van der Waals surface area contributed by atoms with Gasteiger partial charge in [0.05, 0.1) is 0 Å². The molecule has 0 heterocycles. The van der Waals surface area contributed by atoms with E-state index in [0.717, 1.165) is 23.0 Å². The van der Waals surface area contributed by atoms with Crippen LogP contribution in [0.3, 0.4) is 0 Å². The van der Waals surface area contributed by atoms with Gasteiger partial charge >= 0.3 is 41.2 Å². The van der Waals surface area contributed by atoms with E-state index >= 15 is 0 Å². The molecule has 2 N–H and O–H groups in total. The first-order valence-electron chi connectivity index (χ1n) is 16.0. The SMILES string of the molecule is CC(C)(C)OC(=O)N/C(=C\[C]1[CH][CH][CH][CH]1)C(=O)OCc1ccccc1.CC(C)(C)OC(=O)N/C(=C\[C]1[CH][CH][CH][CH]1)C(=O)OCc1ccccc1.[Fe+2]. The quantitative estimate of drug-likeness (QED) is 0.115. The van der Waals surface area contributed by atoms with Crippen molar-refractivity contribution in [3.63, 3.8) is 0 Å². The predicted octanol–water partition coefficient (Wildman–Crippen LogP) is 7.08. The second-order valence-corrected chi connectivity index (χ2v) is 12.9. The maximum Gasteiger partial charge on any atom is 2.00 e. The Morgan fingerprint density at radius 1 is 0.549 bits per heavy atom. The van der Waals surface area contributed by atoms with Crippen LogP contribution in [0.4, 0.5) is 9.59 Å². The molecular formula is C40H44FeN2O8+2. The van der Waals surface area contributed by atoms with Gasteiger partial charge in [-0.3, -0.25) is 10.6 Å². The van der Waals surface area contributed by atoms with Gasteiger partial charge in [-0.15, -0.1) is 0 Å². The van der Waals surface area contributed by atoms with Crippen LogP contribution < -0.4 is 10.6 Å². The fourth-order valence-electron chi connectivity index (χ4n) is 4.02. The molecule has 0 bridgehead atoms. The summed E-state index contributed by atoms with van der Waals surface area (Å²) >= 11 is 0. The second kappa shape index (κ2) is 21.3. The average molecular weight is 737 g/mol. The number of rotatable bonds is 10. The molecule has 2 fully saturated rings. The van der Waals surface area contributed by atoms with E-state index in [1.165, 1.54) is 0 Å². The van der Waals surface area contributed by atoms with Crippen molar-refractivity contribution in [3.8, 4) is 0 Å². The summed E-state index contributed by atoms with van der Waals surface area (Å²) in [6, 6.07) is 18.7. The zero-order chi connectivity index (χ0) is 36.6. The molecule has 10 radical (unpaired) electrons. The van der Waals surface area contributed by atoms with Gasteiger partial charge in [0.1, 0.15) is 35.8 Å². The van der Waals surface area contributed by atoms with Crippen molar-refractivity contribution >= 4 is 24.1 Å². The van der Waals surface area contributed by atoms with Gasteiger partial charge in [-0.05, 0) is 116 Å². The summed E-state index contributed by atoms with van der Waals surface area (Å²) in [4.78, 5) is 48.8. The summed E-state index contributed by atoms with van der Waals surface area (Å²) in [7, 11) is 0. The molecule has 0 unspecified atom stereocenters. The average Bonchev–Trinajstić information content (AvgIpc) is 3.76. The number of alkyl carbamates (subject to hydrolysis) is 2. The number of carbonyl (C=O) groups is 4. The molecule has 0 spiro atoms. The number of amides is 2. The van der Waals surface area contributed by atoms with Crippen molar-refractivity contribution in [3.05, 3.63) is 159 Å². The maximum absolute atomic E-state index is 12.4. The Morgan fingerprint density at radius 3 is 1.16 bits per heavy atom. The van der Waals surface area contributed by atoms with Crippen molar-refractivity contribution in [1.82, 2.24) is 10.6 Å². The largest absolute Gasteiger partial charge is 2.00 e. The van der Waals surface area contributed by atoms with E-state index in [1.807, 2.05) is 112 Å². The van der Waals surface area contributed by atoms with Gasteiger partial charge in [-0.1, -0.05) is 60.7 Å². The van der Waals surface area contributed by atoms with Gasteiger partial charge in [0.2, 0.25) is 0 Å². The first kappa shape index (κ1) is 43.1. The smallest absolute Gasteiger partial charge is 0.456 e. The maximum atomic E-state index is 12.4. The van der Waals surface area contributed by atoms with Crippen LogP contribution in [-0.4, -0.2) is 35.3 Å². The molecule has 2 aromatic carbocycles. The third-order valence-corrected chi connectivity index (χ3v) is 6.14. The number of benzene rings is 2. The number of hydrogen-bond acceptors (Lipinski definition) is 8. The Kier molecular flexibility index (Phi) is 18.0. The number of nitrogens with one attached hydrogen (secondary N) is 2. The van der Waals surface area contributed by atoms with Gasteiger partial charge in [0.15, 0.2) is 0 Å². The van der Waals surface area contributed by atoms with E-state index in [1.54, 1.807) is 53.7 Å². The Balaban J connectivity index is 0.000000347.